The molecule has 0 bridgehead atoms. The Morgan fingerprint density at radius 2 is 1.33 bits per heavy atom. The standard InChI is InChI=1S/C37H47IO10S/c1-11-44-33(41)37(34(42)45-12-2,25-22-27(35(3,4)5)30(39)28(23-25)36(6,7)8)31(24-18-14-13-15-19-24)47-49(9,10)48-38(43)29-21-17-16-20-26(29)32(40)46-38/h13-23,31,39H,11-12H2,1-10H3. The summed E-state index contributed by atoms with van der Waals surface area (Å²) < 4.78 is 44.2. The fourth-order valence-electron chi connectivity index (χ4n) is 5.68. The Morgan fingerprint density at radius 1 is 0.837 bits per heavy atom. The minimum absolute atomic E-state index is 0.0413. The van der Waals surface area contributed by atoms with Gasteiger partial charge in [-0.25, -0.2) is 0 Å². The van der Waals surface area contributed by atoms with E-state index in [9.17, 15) is 22.6 Å². The average molecular weight is 811 g/mol. The molecule has 2 unspecified atom stereocenters. The SMILES string of the molecule is CCOC(=O)C(C(=O)OCC)(c1cc(C(C)(C)C)c(O)c(C(C)(C)C)c1)C(OS(C)(C)OI1(=O)OC(=O)c2ccccc21)c1ccccc1. The third-order valence-electron chi connectivity index (χ3n) is 7.95. The van der Waals surface area contributed by atoms with Gasteiger partial charge in [0.1, 0.15) is 0 Å². The molecule has 0 fully saturated rings. The molecule has 3 aromatic carbocycles. The van der Waals surface area contributed by atoms with Crippen molar-refractivity contribution < 1.29 is 41.8 Å². The van der Waals surface area contributed by atoms with Crippen LogP contribution < -0.4 is 0 Å². The molecular weight excluding hydrogens is 763 g/mol. The summed E-state index contributed by atoms with van der Waals surface area (Å²) >= 11 is -5.18. The quantitative estimate of drug-likeness (QED) is 0.115. The molecule has 0 amide bonds. The number of halogens is 1. The number of aromatic hydroxyl groups is 1. The predicted molar refractivity (Wildman–Crippen MR) is 197 cm³/mol. The maximum absolute atomic E-state index is 14.7. The monoisotopic (exact) mass is 810 g/mol. The number of phenolic OH excluding ortho intramolecular Hbond substituents is 1. The van der Waals surface area contributed by atoms with E-state index in [1.807, 2.05) is 41.5 Å². The summed E-state index contributed by atoms with van der Waals surface area (Å²) in [5.74, 6) is -2.62. The molecule has 0 aliphatic carbocycles. The van der Waals surface area contributed by atoms with Gasteiger partial charge in [-0.05, 0) is 0 Å². The topological polar surface area (TPSA) is 135 Å². The molecule has 1 heterocycles. The van der Waals surface area contributed by atoms with Crippen molar-refractivity contribution in [2.45, 2.75) is 77.7 Å². The van der Waals surface area contributed by atoms with E-state index in [0.717, 1.165) is 0 Å². The van der Waals surface area contributed by atoms with Crippen molar-refractivity contribution in [3.63, 3.8) is 0 Å². The number of fused-ring (bicyclic) bond motifs is 1. The van der Waals surface area contributed by atoms with Crippen LogP contribution in [0.4, 0.5) is 0 Å². The number of benzene rings is 3. The summed E-state index contributed by atoms with van der Waals surface area (Å²) in [5, 5.41) is 11.6. The van der Waals surface area contributed by atoms with Crippen molar-refractivity contribution in [1.82, 2.24) is 0 Å². The zero-order chi connectivity index (χ0) is 36.6. The molecule has 0 saturated heterocycles. The van der Waals surface area contributed by atoms with Crippen LogP contribution in [0.25, 0.3) is 0 Å². The van der Waals surface area contributed by atoms with Gasteiger partial charge in [0.05, 0.1) is 0 Å². The first-order valence-electron chi connectivity index (χ1n) is 15.9. The second-order valence-electron chi connectivity index (χ2n) is 14.0. The zero-order valence-corrected chi connectivity index (χ0v) is 32.7. The van der Waals surface area contributed by atoms with Gasteiger partial charge < -0.3 is 0 Å². The van der Waals surface area contributed by atoms with E-state index < -0.39 is 70.1 Å². The van der Waals surface area contributed by atoms with Gasteiger partial charge in [0.2, 0.25) is 0 Å². The van der Waals surface area contributed by atoms with Crippen LogP contribution in [-0.2, 0) is 48.1 Å². The average Bonchev–Trinajstić information content (AvgIpc) is 3.25. The fraction of sp³-hybridized carbons (Fsp3) is 0.432. The molecule has 0 spiro atoms. The third-order valence-corrected chi connectivity index (χ3v) is 16.4. The summed E-state index contributed by atoms with van der Waals surface area (Å²) in [6.07, 6.45) is 1.64. The molecule has 3 aromatic rings. The summed E-state index contributed by atoms with van der Waals surface area (Å²) in [6.45, 7) is 14.6. The van der Waals surface area contributed by atoms with Crippen LogP contribution in [0.2, 0.25) is 0 Å². The van der Waals surface area contributed by atoms with Crippen LogP contribution >= 0.6 is 29.8 Å². The van der Waals surface area contributed by atoms with Crippen LogP contribution in [0.15, 0.2) is 66.7 Å². The van der Waals surface area contributed by atoms with Gasteiger partial charge in [-0.1, -0.05) is 0 Å². The molecule has 0 radical (unpaired) electrons. The van der Waals surface area contributed by atoms with Gasteiger partial charge in [-0.2, -0.15) is 0 Å². The van der Waals surface area contributed by atoms with Crippen LogP contribution in [-0.4, -0.2) is 48.7 Å². The Morgan fingerprint density at radius 3 is 1.82 bits per heavy atom. The molecular formula is C37H47IO10S. The minimum atomic E-state index is -5.18. The van der Waals surface area contributed by atoms with Crippen molar-refractivity contribution >= 4 is 47.7 Å². The van der Waals surface area contributed by atoms with Gasteiger partial charge in [-0.15, -0.1) is 0 Å². The van der Waals surface area contributed by atoms with Crippen LogP contribution in [0.3, 0.4) is 0 Å². The molecule has 12 heteroatoms. The Labute approximate surface area is 295 Å². The Hall–Kier alpha value is -3.33. The molecule has 49 heavy (non-hydrogen) atoms. The number of ether oxygens (including phenoxy) is 2. The Bertz CT molecular complexity index is 1720. The number of carbonyl (C=O) groups excluding carboxylic acids is 3. The number of hydrogen-bond donors (Lipinski definition) is 1. The van der Waals surface area contributed by atoms with Gasteiger partial charge in [0.25, 0.3) is 0 Å². The van der Waals surface area contributed by atoms with E-state index in [1.165, 1.54) is 12.1 Å². The number of phenols is 1. The first kappa shape index (κ1) is 38.5. The van der Waals surface area contributed by atoms with E-state index >= 15 is 0 Å². The number of carbonyl (C=O) groups is 3. The van der Waals surface area contributed by atoms with E-state index in [2.05, 4.69) is 0 Å². The summed E-state index contributed by atoms with van der Waals surface area (Å²) in [5.41, 5.74) is -1.88. The Kier molecular flexibility index (Phi) is 11.1. The van der Waals surface area contributed by atoms with Crippen LogP contribution in [0, 0.1) is 3.57 Å². The van der Waals surface area contributed by atoms with Crippen molar-refractivity contribution in [2.75, 3.05) is 25.7 Å². The van der Waals surface area contributed by atoms with Crippen molar-refractivity contribution in [1.29, 1.82) is 0 Å². The van der Waals surface area contributed by atoms with E-state index in [-0.39, 0.29) is 33.7 Å². The predicted octanol–water partition coefficient (Wildman–Crippen LogP) is 8.28. The maximum atomic E-state index is 14.7. The van der Waals surface area contributed by atoms with Crippen molar-refractivity contribution in [3.8, 4) is 5.75 Å². The first-order valence-corrected chi connectivity index (χ1v) is 22.0. The molecule has 1 aliphatic heterocycles. The molecule has 0 saturated carbocycles. The molecule has 1 N–H and O–H groups in total. The fourth-order valence-corrected chi connectivity index (χ4v) is 14.2. The van der Waals surface area contributed by atoms with Crippen LogP contribution in [0.5, 0.6) is 5.75 Å². The second kappa shape index (κ2) is 14.1. The van der Waals surface area contributed by atoms with Gasteiger partial charge in [0, 0.05) is 0 Å². The van der Waals surface area contributed by atoms with Crippen LogP contribution in [0.1, 0.15) is 94.1 Å². The van der Waals surface area contributed by atoms with Gasteiger partial charge in [0.15, 0.2) is 0 Å². The summed E-state index contributed by atoms with van der Waals surface area (Å²) in [4.78, 5) is 42.1. The number of hydrogen-bond acceptors (Lipinski definition) is 10. The third kappa shape index (κ3) is 7.57. The van der Waals surface area contributed by atoms with E-state index in [1.54, 1.807) is 81.0 Å². The molecule has 4 rings (SSSR count). The normalized spacial score (nSPS) is 18.9. The van der Waals surface area contributed by atoms with E-state index in [4.69, 9.17) is 19.2 Å². The van der Waals surface area contributed by atoms with Gasteiger partial charge >= 0.3 is 297 Å². The zero-order valence-electron chi connectivity index (χ0n) is 29.8. The molecule has 10 nitrogen and oxygen atoms in total. The summed E-state index contributed by atoms with van der Waals surface area (Å²) in [7, 11) is -2.98. The summed E-state index contributed by atoms with van der Waals surface area (Å²) in [6, 6.07) is 18.2. The van der Waals surface area contributed by atoms with Gasteiger partial charge in [-0.3, -0.25) is 0 Å². The second-order valence-corrected chi connectivity index (χ2v) is 21.7. The molecule has 0 aromatic heterocycles. The molecule has 268 valence electrons. The number of rotatable bonds is 11. The Balaban J connectivity index is 2.07. The van der Waals surface area contributed by atoms with E-state index in [0.29, 0.717) is 16.7 Å². The molecule has 2 atom stereocenters. The number of esters is 2. The first-order chi connectivity index (χ1) is 22.7. The van der Waals surface area contributed by atoms with Crippen molar-refractivity contribution in [2.24, 2.45) is 0 Å². The molecule has 1 aliphatic rings. The van der Waals surface area contributed by atoms with Crippen molar-refractivity contribution in [3.05, 3.63) is 98.1 Å².